The second-order valence-electron chi connectivity index (χ2n) is 6.30. The molecule has 3 aromatic rings. The van der Waals surface area contributed by atoms with Gasteiger partial charge in [0.15, 0.2) is 6.10 Å². The average molecular weight is 333 g/mol. The molecule has 1 atom stereocenters. The topological polar surface area (TPSA) is 38.3 Å². The number of aryl methyl sites for hydroxylation is 2. The number of amides is 1. The van der Waals surface area contributed by atoms with E-state index in [9.17, 15) is 4.79 Å². The van der Waals surface area contributed by atoms with Crippen molar-refractivity contribution in [3.63, 3.8) is 0 Å². The number of carbonyl (C=O) groups excluding carboxylic acids is 1. The van der Waals surface area contributed by atoms with E-state index in [1.807, 2.05) is 81.4 Å². The summed E-state index contributed by atoms with van der Waals surface area (Å²) in [7, 11) is 0. The number of anilines is 1. The second-order valence-corrected chi connectivity index (χ2v) is 6.30. The Morgan fingerprint density at radius 2 is 1.80 bits per heavy atom. The van der Waals surface area contributed by atoms with Crippen LogP contribution < -0.4 is 10.1 Å². The fraction of sp³-hybridized carbons (Fsp3) is 0.227. The van der Waals surface area contributed by atoms with Crippen molar-refractivity contribution in [3.8, 4) is 5.75 Å². The van der Waals surface area contributed by atoms with Gasteiger partial charge in [0.05, 0.1) is 0 Å². The first-order valence-corrected chi connectivity index (χ1v) is 8.61. The Kier molecular flexibility index (Phi) is 5.03. The number of hydrogen-bond donors (Lipinski definition) is 1. The first kappa shape index (κ1) is 17.0. The van der Waals surface area contributed by atoms with Crippen LogP contribution in [-0.4, -0.2) is 12.0 Å². The highest BCUT2D eigenvalue weighted by Crippen LogP contribution is 2.25. The lowest BCUT2D eigenvalue weighted by Crippen LogP contribution is -2.32. The third-order valence-electron chi connectivity index (χ3n) is 4.32. The molecule has 0 aliphatic heterocycles. The molecule has 3 heteroatoms. The van der Waals surface area contributed by atoms with Gasteiger partial charge in [-0.1, -0.05) is 55.5 Å². The van der Waals surface area contributed by atoms with Gasteiger partial charge in [0.1, 0.15) is 5.75 Å². The molecule has 0 fully saturated rings. The Hall–Kier alpha value is -2.81. The zero-order valence-electron chi connectivity index (χ0n) is 14.9. The van der Waals surface area contributed by atoms with Crippen molar-refractivity contribution < 1.29 is 9.53 Å². The van der Waals surface area contributed by atoms with Crippen LogP contribution in [0.2, 0.25) is 0 Å². The van der Waals surface area contributed by atoms with Gasteiger partial charge in [-0.25, -0.2) is 0 Å². The Morgan fingerprint density at radius 3 is 2.60 bits per heavy atom. The SMILES string of the molecule is CC[C@@H](Oc1cc(C)ccc1C)C(=O)Nc1cccc2ccccc12. The molecule has 128 valence electrons. The molecule has 0 saturated heterocycles. The third-order valence-corrected chi connectivity index (χ3v) is 4.32. The van der Waals surface area contributed by atoms with E-state index in [0.29, 0.717) is 6.42 Å². The minimum atomic E-state index is -0.528. The molecule has 3 aromatic carbocycles. The Labute approximate surface area is 148 Å². The normalized spacial score (nSPS) is 12.0. The summed E-state index contributed by atoms with van der Waals surface area (Å²) in [5.41, 5.74) is 2.96. The number of rotatable bonds is 5. The maximum atomic E-state index is 12.8. The maximum Gasteiger partial charge on any atom is 0.265 e. The molecule has 0 radical (unpaired) electrons. The van der Waals surface area contributed by atoms with Gasteiger partial charge in [-0.05, 0) is 48.9 Å². The van der Waals surface area contributed by atoms with E-state index in [4.69, 9.17) is 4.74 Å². The number of fused-ring (bicyclic) bond motifs is 1. The molecule has 0 saturated carbocycles. The largest absolute Gasteiger partial charge is 0.480 e. The fourth-order valence-electron chi connectivity index (χ4n) is 2.86. The van der Waals surface area contributed by atoms with Crippen LogP contribution in [-0.2, 0) is 4.79 Å². The summed E-state index contributed by atoms with van der Waals surface area (Å²) in [5.74, 6) is 0.639. The molecule has 1 amide bonds. The average Bonchev–Trinajstić information content (AvgIpc) is 2.62. The Bertz CT molecular complexity index is 896. The quantitative estimate of drug-likeness (QED) is 0.692. The summed E-state index contributed by atoms with van der Waals surface area (Å²) in [6.45, 7) is 5.96. The van der Waals surface area contributed by atoms with Crippen LogP contribution in [0.15, 0.2) is 60.7 Å². The summed E-state index contributed by atoms with van der Waals surface area (Å²) in [6.07, 6.45) is 0.0729. The molecule has 0 spiro atoms. The Balaban J connectivity index is 1.81. The van der Waals surface area contributed by atoms with Crippen LogP contribution in [0.3, 0.4) is 0 Å². The van der Waals surface area contributed by atoms with E-state index in [1.165, 1.54) is 0 Å². The predicted octanol–water partition coefficient (Wildman–Crippen LogP) is 5.25. The van der Waals surface area contributed by atoms with Crippen LogP contribution in [0.5, 0.6) is 5.75 Å². The minimum Gasteiger partial charge on any atom is -0.480 e. The molecule has 0 aliphatic carbocycles. The maximum absolute atomic E-state index is 12.8. The van der Waals surface area contributed by atoms with Crippen LogP contribution in [0.1, 0.15) is 24.5 Å². The van der Waals surface area contributed by atoms with Gasteiger partial charge in [0, 0.05) is 11.1 Å². The van der Waals surface area contributed by atoms with Gasteiger partial charge >= 0.3 is 0 Å². The van der Waals surface area contributed by atoms with Crippen molar-refractivity contribution in [2.24, 2.45) is 0 Å². The van der Waals surface area contributed by atoms with E-state index in [-0.39, 0.29) is 5.91 Å². The summed E-state index contributed by atoms with van der Waals surface area (Å²) in [6, 6.07) is 20.0. The second kappa shape index (κ2) is 7.39. The lowest BCUT2D eigenvalue weighted by molar-refractivity contribution is -0.122. The molecule has 0 bridgehead atoms. The van der Waals surface area contributed by atoms with Gasteiger partial charge in [-0.15, -0.1) is 0 Å². The van der Waals surface area contributed by atoms with Crippen LogP contribution in [0, 0.1) is 13.8 Å². The summed E-state index contributed by atoms with van der Waals surface area (Å²) >= 11 is 0. The van der Waals surface area contributed by atoms with Gasteiger partial charge in [-0.3, -0.25) is 4.79 Å². The lowest BCUT2D eigenvalue weighted by atomic mass is 10.1. The fourth-order valence-corrected chi connectivity index (χ4v) is 2.86. The minimum absolute atomic E-state index is 0.125. The van der Waals surface area contributed by atoms with E-state index >= 15 is 0 Å². The summed E-state index contributed by atoms with van der Waals surface area (Å²) in [4.78, 5) is 12.8. The zero-order valence-corrected chi connectivity index (χ0v) is 14.9. The van der Waals surface area contributed by atoms with Crippen LogP contribution in [0.4, 0.5) is 5.69 Å². The highest BCUT2D eigenvalue weighted by atomic mass is 16.5. The molecule has 0 aliphatic rings. The smallest absolute Gasteiger partial charge is 0.265 e. The molecule has 3 rings (SSSR count). The highest BCUT2D eigenvalue weighted by molar-refractivity contribution is 6.03. The van der Waals surface area contributed by atoms with Crippen molar-refractivity contribution in [3.05, 3.63) is 71.8 Å². The molecular formula is C22H23NO2. The van der Waals surface area contributed by atoms with E-state index in [0.717, 1.165) is 33.3 Å². The molecule has 1 N–H and O–H groups in total. The van der Waals surface area contributed by atoms with Gasteiger partial charge in [0.25, 0.3) is 5.91 Å². The van der Waals surface area contributed by atoms with Crippen LogP contribution in [0.25, 0.3) is 10.8 Å². The monoisotopic (exact) mass is 333 g/mol. The van der Waals surface area contributed by atoms with Crippen molar-refractivity contribution in [1.29, 1.82) is 0 Å². The molecule has 0 aromatic heterocycles. The van der Waals surface area contributed by atoms with Gasteiger partial charge < -0.3 is 10.1 Å². The third kappa shape index (κ3) is 3.82. The number of nitrogens with one attached hydrogen (secondary N) is 1. The predicted molar refractivity (Wildman–Crippen MR) is 103 cm³/mol. The zero-order chi connectivity index (χ0) is 17.8. The molecular weight excluding hydrogens is 310 g/mol. The van der Waals surface area contributed by atoms with E-state index in [2.05, 4.69) is 5.32 Å². The van der Waals surface area contributed by atoms with Crippen molar-refractivity contribution >= 4 is 22.4 Å². The first-order valence-electron chi connectivity index (χ1n) is 8.61. The molecule has 25 heavy (non-hydrogen) atoms. The summed E-state index contributed by atoms with van der Waals surface area (Å²) < 4.78 is 6.01. The Morgan fingerprint density at radius 1 is 1.04 bits per heavy atom. The van der Waals surface area contributed by atoms with Crippen molar-refractivity contribution in [2.75, 3.05) is 5.32 Å². The number of hydrogen-bond acceptors (Lipinski definition) is 2. The van der Waals surface area contributed by atoms with E-state index < -0.39 is 6.10 Å². The van der Waals surface area contributed by atoms with Crippen molar-refractivity contribution in [1.82, 2.24) is 0 Å². The summed E-state index contributed by atoms with van der Waals surface area (Å²) in [5, 5.41) is 5.15. The van der Waals surface area contributed by atoms with Gasteiger partial charge in [-0.2, -0.15) is 0 Å². The number of benzene rings is 3. The van der Waals surface area contributed by atoms with Crippen LogP contribution >= 0.6 is 0 Å². The van der Waals surface area contributed by atoms with E-state index in [1.54, 1.807) is 0 Å². The molecule has 0 unspecified atom stereocenters. The lowest BCUT2D eigenvalue weighted by Gasteiger charge is -2.19. The number of ether oxygens (including phenoxy) is 1. The van der Waals surface area contributed by atoms with Gasteiger partial charge in [0.2, 0.25) is 0 Å². The standard InChI is InChI=1S/C22H23NO2/c1-4-20(25-21-14-15(2)12-13-16(21)3)22(24)23-19-11-7-9-17-8-5-6-10-18(17)19/h5-14,20H,4H2,1-3H3,(H,23,24)/t20-/m1/s1. The highest BCUT2D eigenvalue weighted by Gasteiger charge is 2.20. The first-order chi connectivity index (χ1) is 12.1. The molecule has 3 nitrogen and oxygen atoms in total. The molecule has 0 heterocycles. The van der Waals surface area contributed by atoms with Crippen molar-refractivity contribution in [2.45, 2.75) is 33.3 Å². The number of carbonyl (C=O) groups is 1.